The van der Waals surface area contributed by atoms with Crippen LogP contribution in [-0.4, -0.2) is 103 Å². The van der Waals surface area contributed by atoms with Crippen molar-refractivity contribution in [3.8, 4) is 0 Å². The lowest BCUT2D eigenvalue weighted by Gasteiger charge is -2.39. The van der Waals surface area contributed by atoms with Crippen molar-refractivity contribution in [2.24, 2.45) is 0 Å². The van der Waals surface area contributed by atoms with Crippen LogP contribution in [0.3, 0.4) is 0 Å². The van der Waals surface area contributed by atoms with Crippen LogP contribution in [0.5, 0.6) is 0 Å². The standard InChI is InChI=1S/3C16H36N.CH5FO6P2/c3*1-5-9-13-17(14-10-6-2,15-11-7-3)16-12-8-4;2-1(9(3,4)5)10(6,7)8/h3*5-16H2,1-4H3;1H,(H2,3,4,5)(H2,6,7,8)/q3*+1;/p-3. The predicted molar refractivity (Wildman–Crippen MR) is 260 cm³/mol. The molecule has 0 aromatic rings. The van der Waals surface area contributed by atoms with E-state index >= 15 is 0 Å². The lowest BCUT2D eigenvalue weighted by atomic mass is 10.1. The van der Waals surface area contributed by atoms with E-state index in [2.05, 4.69) is 83.1 Å². The van der Waals surface area contributed by atoms with Crippen molar-refractivity contribution in [1.29, 1.82) is 0 Å². The first-order valence-electron chi connectivity index (χ1n) is 26.1. The summed E-state index contributed by atoms with van der Waals surface area (Å²) in [5.41, 5.74) is -3.74. The van der Waals surface area contributed by atoms with Gasteiger partial charge in [0, 0.05) is 0 Å². The van der Waals surface area contributed by atoms with Crippen molar-refractivity contribution in [3.05, 3.63) is 0 Å². The Balaban J connectivity index is -0.000000361. The molecule has 0 amide bonds. The highest BCUT2D eigenvalue weighted by Gasteiger charge is 2.27. The minimum Gasteiger partial charge on any atom is -0.808 e. The summed E-state index contributed by atoms with van der Waals surface area (Å²) < 4.78 is 35.1. The molecule has 0 saturated heterocycles. The number of hydrogen-bond donors (Lipinski definition) is 1. The number of quaternary nitrogens is 3. The highest BCUT2D eigenvalue weighted by Crippen LogP contribution is 2.53. The molecule has 0 spiro atoms. The van der Waals surface area contributed by atoms with Gasteiger partial charge in [0.25, 0.3) is 0 Å². The van der Waals surface area contributed by atoms with Crippen LogP contribution in [0.1, 0.15) is 237 Å². The van der Waals surface area contributed by atoms with Gasteiger partial charge in [0.05, 0.1) is 78.5 Å². The van der Waals surface area contributed by atoms with E-state index in [0.717, 1.165) is 0 Å². The van der Waals surface area contributed by atoms with Crippen molar-refractivity contribution in [1.82, 2.24) is 0 Å². The number of hydrogen-bond acceptors (Lipinski definition) is 5. The normalized spacial score (nSPS) is 13.6. The van der Waals surface area contributed by atoms with E-state index in [9.17, 15) is 28.2 Å². The van der Waals surface area contributed by atoms with Gasteiger partial charge in [-0.15, -0.1) is 0 Å². The van der Waals surface area contributed by atoms with Gasteiger partial charge in [-0.05, 0) is 84.6 Å². The Morgan fingerprint density at radius 3 is 0.508 bits per heavy atom. The van der Waals surface area contributed by atoms with Crippen LogP contribution in [0, 0.1) is 0 Å². The zero-order valence-electron chi connectivity index (χ0n) is 43.1. The van der Waals surface area contributed by atoms with Gasteiger partial charge in [0.15, 0.2) is 13.2 Å². The van der Waals surface area contributed by atoms with Crippen LogP contribution in [0.25, 0.3) is 0 Å². The Morgan fingerprint density at radius 1 is 0.344 bits per heavy atom. The Kier molecular flexibility index (Phi) is 48.8. The summed E-state index contributed by atoms with van der Waals surface area (Å²) in [5, 5.41) is 0. The summed E-state index contributed by atoms with van der Waals surface area (Å²) in [6, 6.07) is 0. The molecule has 9 nitrogen and oxygen atoms in total. The van der Waals surface area contributed by atoms with Crippen molar-refractivity contribution < 1.29 is 46.5 Å². The van der Waals surface area contributed by atoms with Gasteiger partial charge < -0.3 is 42.2 Å². The third-order valence-corrected chi connectivity index (χ3v) is 15.1. The van der Waals surface area contributed by atoms with Crippen LogP contribution < -0.4 is 14.7 Å². The lowest BCUT2D eigenvalue weighted by Crippen LogP contribution is -2.50. The molecule has 374 valence electrons. The van der Waals surface area contributed by atoms with Crippen LogP contribution in [0.2, 0.25) is 0 Å². The number of unbranched alkanes of at least 4 members (excludes halogenated alkanes) is 12. The summed E-state index contributed by atoms with van der Waals surface area (Å²) in [5.74, 6) is 0. The Hall–Kier alpha value is 0.110. The molecule has 0 fully saturated rings. The summed E-state index contributed by atoms with van der Waals surface area (Å²) in [6.07, 6.45) is 33.2. The second-order valence-electron chi connectivity index (χ2n) is 18.4. The highest BCUT2D eigenvalue weighted by atomic mass is 31.2. The highest BCUT2D eigenvalue weighted by molar-refractivity contribution is 7.68. The molecule has 0 saturated carbocycles. The van der Waals surface area contributed by atoms with Gasteiger partial charge in [-0.3, -0.25) is 0 Å². The van der Waals surface area contributed by atoms with Crippen molar-refractivity contribution >= 4 is 15.2 Å². The maximum absolute atomic E-state index is 11.7. The third kappa shape index (κ3) is 39.0. The smallest absolute Gasteiger partial charge is 0.189 e. The molecule has 0 aromatic heterocycles. The van der Waals surface area contributed by atoms with E-state index in [1.165, 1.54) is 246 Å². The van der Waals surface area contributed by atoms with Gasteiger partial charge in [-0.1, -0.05) is 160 Å². The minimum absolute atomic E-state index is 1.35. The van der Waals surface area contributed by atoms with E-state index in [0.29, 0.717) is 0 Å². The summed E-state index contributed by atoms with van der Waals surface area (Å²) >= 11 is 0. The molecule has 0 rings (SSSR count). The maximum atomic E-state index is 11.7. The molecule has 61 heavy (non-hydrogen) atoms. The number of nitrogens with zero attached hydrogens (tertiary/aromatic N) is 3. The van der Waals surface area contributed by atoms with E-state index in [1.54, 1.807) is 0 Å². The van der Waals surface area contributed by atoms with Gasteiger partial charge in [0.2, 0.25) is 0 Å². The topological polar surface area (TPSA) is 124 Å². The van der Waals surface area contributed by atoms with Crippen LogP contribution in [0.15, 0.2) is 0 Å². The molecule has 2 unspecified atom stereocenters. The predicted octanol–water partition coefficient (Wildman–Crippen LogP) is 12.7. The molecular weight excluding hydrogens is 808 g/mol. The molecule has 2 atom stereocenters. The number of halogens is 1. The second kappa shape index (κ2) is 44.0. The molecule has 1 N–H and O–H groups in total. The quantitative estimate of drug-likeness (QED) is 0.0486. The van der Waals surface area contributed by atoms with Crippen molar-refractivity contribution in [2.75, 3.05) is 78.5 Å². The van der Waals surface area contributed by atoms with Crippen LogP contribution >= 0.6 is 15.2 Å². The molecule has 0 heterocycles. The van der Waals surface area contributed by atoms with Crippen LogP contribution in [0.4, 0.5) is 4.39 Å². The van der Waals surface area contributed by atoms with Gasteiger partial charge in [-0.2, -0.15) is 0 Å². The fraction of sp³-hybridized carbons (Fsp3) is 1.00. The third-order valence-electron chi connectivity index (χ3n) is 12.4. The van der Waals surface area contributed by atoms with Crippen molar-refractivity contribution in [3.63, 3.8) is 0 Å². The summed E-state index contributed by atoms with van der Waals surface area (Å²) in [4.78, 5) is 36.4. The van der Waals surface area contributed by atoms with Gasteiger partial charge >= 0.3 is 0 Å². The largest absolute Gasteiger partial charge is 0.808 e. The Labute approximate surface area is 381 Å². The lowest BCUT2D eigenvalue weighted by molar-refractivity contribution is -0.929. The molecule has 0 aliphatic heterocycles. The summed E-state index contributed by atoms with van der Waals surface area (Å²) in [6.45, 7) is 45.1. The van der Waals surface area contributed by atoms with Gasteiger partial charge in [0.1, 0.15) is 0 Å². The maximum Gasteiger partial charge on any atom is 0.189 e. The molecule has 0 radical (unpaired) electrons. The molecule has 0 aliphatic carbocycles. The first kappa shape index (κ1) is 67.7. The molecule has 0 aromatic carbocycles. The average molecular weight is 918 g/mol. The van der Waals surface area contributed by atoms with Gasteiger partial charge in [-0.25, -0.2) is 4.39 Å². The van der Waals surface area contributed by atoms with E-state index < -0.39 is 20.8 Å². The monoisotopic (exact) mass is 918 g/mol. The second-order valence-corrected chi connectivity index (χ2v) is 21.9. The summed E-state index contributed by atoms with van der Waals surface area (Å²) in [7, 11) is -11.6. The molecular formula is C49H110FN3O6P2. The minimum atomic E-state index is -5.87. The first-order chi connectivity index (χ1) is 28.9. The van der Waals surface area contributed by atoms with Crippen LogP contribution in [-0.2, 0) is 9.13 Å². The Bertz CT molecular complexity index is 779. The first-order valence-corrected chi connectivity index (χ1v) is 29.4. The molecule has 0 bridgehead atoms. The number of rotatable bonds is 38. The SMILES string of the molecule is CCCC[N+](CCCC)(CCCC)CCCC.CCCC[N+](CCCC)(CCCC)CCCC.CCCC[N+](CCCC)(CCCC)CCCC.O=P([O-])([O-])C(F)P(=O)([O-])O. The van der Waals surface area contributed by atoms with Crippen molar-refractivity contribution in [2.45, 2.75) is 243 Å². The van der Waals surface area contributed by atoms with E-state index in [-0.39, 0.29) is 0 Å². The fourth-order valence-electron chi connectivity index (χ4n) is 8.11. The number of alkyl halides is 1. The van der Waals surface area contributed by atoms with E-state index in [1.807, 2.05) is 0 Å². The average Bonchev–Trinajstić information content (AvgIpc) is 3.24. The zero-order chi connectivity index (χ0) is 47.5. The fourth-order valence-corrected chi connectivity index (χ4v) is 9.54. The molecule has 0 aliphatic rings. The zero-order valence-corrected chi connectivity index (χ0v) is 44.9. The molecule has 12 heteroatoms. The van der Waals surface area contributed by atoms with E-state index in [4.69, 9.17) is 4.89 Å². The Morgan fingerprint density at radius 2 is 0.459 bits per heavy atom.